The van der Waals surface area contributed by atoms with E-state index in [4.69, 9.17) is 0 Å². The van der Waals surface area contributed by atoms with Crippen LogP contribution < -0.4 is 0 Å². The first-order valence-electron chi connectivity index (χ1n) is 5.55. The van der Waals surface area contributed by atoms with Crippen LogP contribution >= 0.6 is 0 Å². The third-order valence-electron chi connectivity index (χ3n) is 2.43. The van der Waals surface area contributed by atoms with Crippen molar-refractivity contribution in [2.45, 2.75) is 46.1 Å². The van der Waals surface area contributed by atoms with E-state index in [-0.39, 0.29) is 5.92 Å². The van der Waals surface area contributed by atoms with Crippen molar-refractivity contribution >= 4 is 5.97 Å². The van der Waals surface area contributed by atoms with E-state index in [1.165, 1.54) is 6.33 Å². The van der Waals surface area contributed by atoms with Crippen molar-refractivity contribution in [1.29, 1.82) is 0 Å². The van der Waals surface area contributed by atoms with Gasteiger partial charge in [-0.15, -0.1) is 10.2 Å². The Labute approximate surface area is 95.5 Å². The zero-order chi connectivity index (χ0) is 12.3. The summed E-state index contributed by atoms with van der Waals surface area (Å²) < 4.78 is 1.67. The fourth-order valence-electron chi connectivity index (χ4n) is 1.69. The molecule has 1 atom stereocenters. The van der Waals surface area contributed by atoms with Gasteiger partial charge in [0, 0.05) is 5.92 Å². The lowest BCUT2D eigenvalue weighted by molar-refractivity contribution is -0.141. The second-order valence-corrected chi connectivity index (χ2v) is 4.73. The maximum absolute atomic E-state index is 11.2. The van der Waals surface area contributed by atoms with Crippen molar-refractivity contribution < 1.29 is 9.90 Å². The molecule has 0 radical (unpaired) electrons. The van der Waals surface area contributed by atoms with Crippen LogP contribution in [-0.4, -0.2) is 25.8 Å². The van der Waals surface area contributed by atoms with Crippen molar-refractivity contribution in [2.75, 3.05) is 0 Å². The van der Waals surface area contributed by atoms with Crippen LogP contribution in [0.15, 0.2) is 6.33 Å². The Kier molecular flexibility index (Phi) is 4.04. The Bertz CT molecular complexity index is 358. The number of nitrogens with zero attached hydrogens (tertiary/aromatic N) is 3. The molecule has 0 spiro atoms. The molecule has 0 fully saturated rings. The molecule has 0 saturated heterocycles. The predicted molar refractivity (Wildman–Crippen MR) is 60.2 cm³/mol. The van der Waals surface area contributed by atoms with E-state index in [9.17, 15) is 9.90 Å². The van der Waals surface area contributed by atoms with E-state index in [0.717, 1.165) is 5.82 Å². The van der Waals surface area contributed by atoms with Gasteiger partial charge in [0.25, 0.3) is 0 Å². The minimum absolute atomic E-state index is 0.177. The molecule has 0 aliphatic carbocycles. The minimum Gasteiger partial charge on any atom is -0.480 e. The highest BCUT2D eigenvalue weighted by Gasteiger charge is 2.24. The van der Waals surface area contributed by atoms with Crippen LogP contribution in [0, 0.1) is 5.92 Å². The molecule has 1 aromatic rings. The Balaban J connectivity index is 3.01. The average molecular weight is 225 g/mol. The standard InChI is InChI=1S/C11H19N3O2/c1-7(2)5-9(11(15)16)14-6-12-13-10(14)8(3)4/h6-9H,5H2,1-4H3,(H,15,16). The first-order chi connectivity index (χ1) is 7.43. The van der Waals surface area contributed by atoms with E-state index >= 15 is 0 Å². The highest BCUT2D eigenvalue weighted by atomic mass is 16.4. The number of rotatable bonds is 5. The summed E-state index contributed by atoms with van der Waals surface area (Å²) in [6.45, 7) is 7.98. The molecular weight excluding hydrogens is 206 g/mol. The summed E-state index contributed by atoms with van der Waals surface area (Å²) in [6, 6.07) is -0.563. The second-order valence-electron chi connectivity index (χ2n) is 4.73. The summed E-state index contributed by atoms with van der Waals surface area (Å²) in [6.07, 6.45) is 2.10. The maximum atomic E-state index is 11.2. The van der Waals surface area contributed by atoms with E-state index in [1.54, 1.807) is 4.57 Å². The van der Waals surface area contributed by atoms with Gasteiger partial charge in [0.05, 0.1) is 0 Å². The Morgan fingerprint density at radius 2 is 2.06 bits per heavy atom. The van der Waals surface area contributed by atoms with Gasteiger partial charge in [-0.05, 0) is 12.3 Å². The summed E-state index contributed by atoms with van der Waals surface area (Å²) in [5, 5.41) is 17.0. The highest BCUT2D eigenvalue weighted by Crippen LogP contribution is 2.22. The quantitative estimate of drug-likeness (QED) is 0.833. The van der Waals surface area contributed by atoms with Crippen LogP contribution in [-0.2, 0) is 4.79 Å². The summed E-state index contributed by atoms with van der Waals surface area (Å²) in [7, 11) is 0. The first kappa shape index (κ1) is 12.7. The normalized spacial score (nSPS) is 13.4. The predicted octanol–water partition coefficient (Wildman–Crippen LogP) is 2.07. The third kappa shape index (κ3) is 2.81. The molecule has 1 aromatic heterocycles. The fraction of sp³-hybridized carbons (Fsp3) is 0.727. The largest absolute Gasteiger partial charge is 0.480 e. The smallest absolute Gasteiger partial charge is 0.326 e. The summed E-state index contributed by atoms with van der Waals surface area (Å²) in [5.74, 6) is 0.406. The summed E-state index contributed by atoms with van der Waals surface area (Å²) in [5.41, 5.74) is 0. The highest BCUT2D eigenvalue weighted by molar-refractivity contribution is 5.71. The van der Waals surface area contributed by atoms with Crippen LogP contribution in [0.1, 0.15) is 51.9 Å². The lowest BCUT2D eigenvalue weighted by Crippen LogP contribution is -2.22. The van der Waals surface area contributed by atoms with E-state index in [2.05, 4.69) is 10.2 Å². The molecule has 1 unspecified atom stereocenters. The Morgan fingerprint density at radius 3 is 2.50 bits per heavy atom. The molecule has 1 N–H and O–H groups in total. The minimum atomic E-state index is -0.824. The van der Waals surface area contributed by atoms with Gasteiger partial charge in [-0.25, -0.2) is 4.79 Å². The fourth-order valence-corrected chi connectivity index (χ4v) is 1.69. The van der Waals surface area contributed by atoms with Crippen LogP contribution in [0.25, 0.3) is 0 Å². The average Bonchev–Trinajstić information content (AvgIpc) is 2.61. The van der Waals surface area contributed by atoms with Crippen molar-refractivity contribution in [1.82, 2.24) is 14.8 Å². The molecule has 5 heteroatoms. The lowest BCUT2D eigenvalue weighted by atomic mass is 10.0. The van der Waals surface area contributed by atoms with Gasteiger partial charge in [0.2, 0.25) is 0 Å². The maximum Gasteiger partial charge on any atom is 0.326 e. The van der Waals surface area contributed by atoms with Crippen molar-refractivity contribution in [3.8, 4) is 0 Å². The molecule has 0 amide bonds. The van der Waals surface area contributed by atoms with Crippen LogP contribution in [0.4, 0.5) is 0 Å². The van der Waals surface area contributed by atoms with Gasteiger partial charge in [-0.3, -0.25) is 0 Å². The SMILES string of the molecule is CC(C)CC(C(=O)O)n1cnnc1C(C)C. The van der Waals surface area contributed by atoms with Crippen molar-refractivity contribution in [3.63, 3.8) is 0 Å². The van der Waals surface area contributed by atoms with E-state index < -0.39 is 12.0 Å². The lowest BCUT2D eigenvalue weighted by Gasteiger charge is -2.18. The Hall–Kier alpha value is -1.39. The van der Waals surface area contributed by atoms with Gasteiger partial charge in [-0.1, -0.05) is 27.7 Å². The molecule has 0 saturated carbocycles. The number of carbonyl (C=O) groups is 1. The van der Waals surface area contributed by atoms with Crippen molar-refractivity contribution in [3.05, 3.63) is 12.2 Å². The number of hydrogen-bond acceptors (Lipinski definition) is 3. The van der Waals surface area contributed by atoms with Crippen LogP contribution in [0.5, 0.6) is 0 Å². The monoisotopic (exact) mass is 225 g/mol. The van der Waals surface area contributed by atoms with E-state index in [1.807, 2.05) is 27.7 Å². The Morgan fingerprint density at radius 1 is 1.44 bits per heavy atom. The second kappa shape index (κ2) is 5.09. The number of hydrogen-bond donors (Lipinski definition) is 1. The molecule has 1 rings (SSSR count). The van der Waals surface area contributed by atoms with Gasteiger partial charge < -0.3 is 9.67 Å². The van der Waals surface area contributed by atoms with Gasteiger partial charge in [0.1, 0.15) is 18.2 Å². The van der Waals surface area contributed by atoms with Gasteiger partial charge in [-0.2, -0.15) is 0 Å². The van der Waals surface area contributed by atoms with Gasteiger partial charge in [0.15, 0.2) is 0 Å². The third-order valence-corrected chi connectivity index (χ3v) is 2.43. The summed E-state index contributed by atoms with van der Waals surface area (Å²) in [4.78, 5) is 11.2. The number of carboxylic acids is 1. The topological polar surface area (TPSA) is 68.0 Å². The number of aliphatic carboxylic acids is 1. The number of carboxylic acid groups (broad SMARTS) is 1. The molecule has 90 valence electrons. The van der Waals surface area contributed by atoms with E-state index in [0.29, 0.717) is 12.3 Å². The molecule has 0 aliphatic heterocycles. The molecule has 16 heavy (non-hydrogen) atoms. The van der Waals surface area contributed by atoms with Crippen LogP contribution in [0.3, 0.4) is 0 Å². The van der Waals surface area contributed by atoms with Crippen LogP contribution in [0.2, 0.25) is 0 Å². The molecule has 0 bridgehead atoms. The zero-order valence-electron chi connectivity index (χ0n) is 10.2. The molecule has 0 aliphatic rings. The first-order valence-corrected chi connectivity index (χ1v) is 5.55. The molecular formula is C11H19N3O2. The van der Waals surface area contributed by atoms with Gasteiger partial charge >= 0.3 is 5.97 Å². The molecule has 1 heterocycles. The number of aromatic nitrogens is 3. The van der Waals surface area contributed by atoms with Crippen molar-refractivity contribution in [2.24, 2.45) is 5.92 Å². The molecule has 5 nitrogen and oxygen atoms in total. The zero-order valence-corrected chi connectivity index (χ0v) is 10.2. The summed E-state index contributed by atoms with van der Waals surface area (Å²) >= 11 is 0. The molecule has 0 aromatic carbocycles.